The lowest BCUT2D eigenvalue weighted by Gasteiger charge is -2.16. The second kappa shape index (κ2) is 14.5. The molecule has 2 aromatic carbocycles. The molecule has 3 amide bonds. The van der Waals surface area contributed by atoms with Gasteiger partial charge in [-0.25, -0.2) is 0 Å². The van der Waals surface area contributed by atoms with Gasteiger partial charge in [0, 0.05) is 24.2 Å². The molecule has 0 atom stereocenters. The highest BCUT2D eigenvalue weighted by molar-refractivity contribution is 8.03. The van der Waals surface area contributed by atoms with Crippen LogP contribution in [-0.4, -0.2) is 48.4 Å². The molecule has 0 saturated carbocycles. The van der Waals surface area contributed by atoms with Crippen LogP contribution in [0.3, 0.4) is 0 Å². The largest absolute Gasteiger partial charge is 0.494 e. The molecule has 0 aliphatic heterocycles. The van der Waals surface area contributed by atoms with Gasteiger partial charge in [-0.3, -0.25) is 19.3 Å². The maximum absolute atomic E-state index is 12.8. The van der Waals surface area contributed by atoms with Crippen molar-refractivity contribution < 1.29 is 19.1 Å². The van der Waals surface area contributed by atoms with Gasteiger partial charge >= 0.3 is 0 Å². The van der Waals surface area contributed by atoms with E-state index in [4.69, 9.17) is 16.3 Å². The van der Waals surface area contributed by atoms with E-state index in [0.29, 0.717) is 35.6 Å². The zero-order valence-corrected chi connectivity index (χ0v) is 20.7. The van der Waals surface area contributed by atoms with Gasteiger partial charge in [-0.05, 0) is 67.1 Å². The molecule has 2 aromatic rings. The molecule has 0 aliphatic rings. The number of rotatable bonds is 13. The number of carbonyl (C=O) groups excluding carboxylic acids is 3. The fourth-order valence-electron chi connectivity index (χ4n) is 3.02. The van der Waals surface area contributed by atoms with E-state index in [9.17, 15) is 14.4 Å². The van der Waals surface area contributed by atoms with Crippen LogP contribution in [0.15, 0.2) is 58.5 Å². The summed E-state index contributed by atoms with van der Waals surface area (Å²) in [4.78, 5) is 38.2. The Morgan fingerprint density at radius 3 is 2.40 bits per heavy atom. The number of hydrogen-bond acceptors (Lipinski definition) is 7. The number of amides is 3. The van der Waals surface area contributed by atoms with Crippen molar-refractivity contribution in [3.05, 3.63) is 64.6 Å². The lowest BCUT2D eigenvalue weighted by Crippen LogP contribution is -2.31. The first-order valence-electron chi connectivity index (χ1n) is 11.1. The molecule has 2 rings (SSSR count). The quantitative estimate of drug-likeness (QED) is 0.0964. The molecule has 5 N–H and O–H groups in total. The molecule has 186 valence electrons. The van der Waals surface area contributed by atoms with Gasteiger partial charge in [0.05, 0.1) is 11.5 Å². The van der Waals surface area contributed by atoms with Gasteiger partial charge in [0.15, 0.2) is 0 Å². The van der Waals surface area contributed by atoms with Crippen LogP contribution in [0.2, 0.25) is 0 Å². The number of ether oxygens (including phenoxy) is 1. The monoisotopic (exact) mass is 497 g/mol. The average molecular weight is 498 g/mol. The minimum atomic E-state index is -0.408. The average Bonchev–Trinajstić information content (AvgIpc) is 2.88. The van der Waals surface area contributed by atoms with Crippen LogP contribution in [0.1, 0.15) is 37.3 Å². The summed E-state index contributed by atoms with van der Waals surface area (Å²) in [6, 6.07) is 14.1. The van der Waals surface area contributed by atoms with Crippen LogP contribution in [0.5, 0.6) is 5.75 Å². The van der Waals surface area contributed by atoms with E-state index in [1.165, 1.54) is 11.8 Å². The first-order valence-corrected chi connectivity index (χ1v) is 12.3. The summed E-state index contributed by atoms with van der Waals surface area (Å²) in [7, 11) is 0. The van der Waals surface area contributed by atoms with Crippen LogP contribution < -0.4 is 21.6 Å². The van der Waals surface area contributed by atoms with Gasteiger partial charge in [-0.15, -0.1) is 11.8 Å². The van der Waals surface area contributed by atoms with Crippen molar-refractivity contribution in [1.82, 2.24) is 4.90 Å². The highest BCUT2D eigenvalue weighted by Gasteiger charge is 2.18. The summed E-state index contributed by atoms with van der Waals surface area (Å²) in [5.41, 5.74) is 7.69. The molecule has 0 bridgehead atoms. The van der Waals surface area contributed by atoms with Crippen molar-refractivity contribution in [2.75, 3.05) is 24.7 Å². The summed E-state index contributed by atoms with van der Waals surface area (Å²) < 4.78 is 5.57. The highest BCUT2D eigenvalue weighted by Crippen LogP contribution is 2.21. The minimum Gasteiger partial charge on any atom is -0.494 e. The molecule has 0 heterocycles. The van der Waals surface area contributed by atoms with Gasteiger partial charge in [0.25, 0.3) is 5.91 Å². The van der Waals surface area contributed by atoms with Crippen molar-refractivity contribution in [2.45, 2.75) is 26.2 Å². The summed E-state index contributed by atoms with van der Waals surface area (Å²) in [6.45, 7) is 2.80. The van der Waals surface area contributed by atoms with Crippen molar-refractivity contribution in [3.63, 3.8) is 0 Å². The number of nitrogens with zero attached hydrogens (tertiary/aromatic N) is 2. The number of hydrazone groups is 1. The van der Waals surface area contributed by atoms with Crippen molar-refractivity contribution in [2.24, 2.45) is 16.7 Å². The molecule has 0 radical (unpaired) electrons. The minimum absolute atomic E-state index is 0.125. The summed E-state index contributed by atoms with van der Waals surface area (Å²) >= 11 is 1.26. The Bertz CT molecular complexity index is 1050. The molecular formula is C25H31N5O4S. The van der Waals surface area contributed by atoms with Gasteiger partial charge in [0.2, 0.25) is 12.3 Å². The number of thioether (sulfide) groups is 1. The second-order valence-corrected chi connectivity index (χ2v) is 8.33. The van der Waals surface area contributed by atoms with E-state index < -0.39 is 5.91 Å². The second-order valence-electron chi connectivity index (χ2n) is 7.48. The first kappa shape index (κ1) is 27.5. The molecular weight excluding hydrogens is 466 g/mol. The number of nitrogens with one attached hydrogen (secondary N) is 1. The molecule has 0 fully saturated rings. The predicted octanol–water partition coefficient (Wildman–Crippen LogP) is 3.16. The lowest BCUT2D eigenvalue weighted by atomic mass is 10.2. The molecule has 10 heteroatoms. The Labute approximate surface area is 209 Å². The number of carbonyl (C=O) groups is 3. The smallest absolute Gasteiger partial charge is 0.266 e. The van der Waals surface area contributed by atoms with Crippen LogP contribution in [0.4, 0.5) is 5.69 Å². The number of benzene rings is 2. The Balaban J connectivity index is 1.90. The van der Waals surface area contributed by atoms with E-state index in [1.54, 1.807) is 36.6 Å². The number of anilines is 1. The molecule has 0 spiro atoms. The van der Waals surface area contributed by atoms with Gasteiger partial charge in [-0.1, -0.05) is 19.1 Å². The van der Waals surface area contributed by atoms with Gasteiger partial charge in [0.1, 0.15) is 11.6 Å². The lowest BCUT2D eigenvalue weighted by molar-refractivity contribution is -0.135. The zero-order chi connectivity index (χ0) is 25.6. The Hall–Kier alpha value is -3.79. The number of imide groups is 1. The number of hydrogen-bond donors (Lipinski definition) is 3. The maximum Gasteiger partial charge on any atom is 0.266 e. The van der Waals surface area contributed by atoms with Gasteiger partial charge in [-0.2, -0.15) is 5.10 Å². The summed E-state index contributed by atoms with van der Waals surface area (Å²) in [6.07, 6.45) is 5.38. The Kier molecular flexibility index (Phi) is 11.3. The molecule has 0 unspecified atom stereocenters. The zero-order valence-electron chi connectivity index (χ0n) is 19.9. The SMILES string of the molecule is CCCOc1ccc(/C=C(\SC)C(=O)N(C=O)CCCC(=O)Nc2ccc(/C(N)=N/N)cc2)cc1. The van der Waals surface area contributed by atoms with E-state index in [2.05, 4.69) is 10.4 Å². The molecule has 0 aliphatic carbocycles. The van der Waals surface area contributed by atoms with Crippen molar-refractivity contribution >= 4 is 47.6 Å². The predicted molar refractivity (Wildman–Crippen MR) is 141 cm³/mol. The molecule has 9 nitrogen and oxygen atoms in total. The maximum atomic E-state index is 12.8. The first-order chi connectivity index (χ1) is 16.9. The standard InChI is InChI=1S/C25H31N5O4S/c1-3-15-34-21-12-6-18(7-13-21)16-22(35-2)25(33)30(17-31)14-4-5-23(32)28-20-10-8-19(9-11-20)24(26)29-27/h6-13,16-17H,3-5,14-15,27H2,1-2H3,(H2,26,29)(H,28,32)/b22-16-. The van der Waals surface area contributed by atoms with Crippen molar-refractivity contribution in [1.29, 1.82) is 0 Å². The summed E-state index contributed by atoms with van der Waals surface area (Å²) in [5, 5.41) is 6.18. The third-order valence-electron chi connectivity index (χ3n) is 4.88. The third-order valence-corrected chi connectivity index (χ3v) is 5.61. The summed E-state index contributed by atoms with van der Waals surface area (Å²) in [5.74, 6) is 5.46. The Morgan fingerprint density at radius 2 is 1.83 bits per heavy atom. The molecule has 0 saturated heterocycles. The highest BCUT2D eigenvalue weighted by atomic mass is 32.2. The van der Waals surface area contributed by atoms with E-state index in [-0.39, 0.29) is 24.7 Å². The van der Waals surface area contributed by atoms with Crippen LogP contribution >= 0.6 is 11.8 Å². The molecule has 35 heavy (non-hydrogen) atoms. The molecule has 0 aromatic heterocycles. The fraction of sp³-hybridized carbons (Fsp3) is 0.280. The normalized spacial score (nSPS) is 11.6. The van der Waals surface area contributed by atoms with E-state index in [0.717, 1.165) is 22.6 Å². The third kappa shape index (κ3) is 8.82. The van der Waals surface area contributed by atoms with Crippen LogP contribution in [0, 0.1) is 0 Å². The fourth-order valence-corrected chi connectivity index (χ4v) is 3.56. The number of nitrogens with two attached hydrogens (primary N) is 2. The topological polar surface area (TPSA) is 140 Å². The van der Waals surface area contributed by atoms with Gasteiger partial charge < -0.3 is 21.6 Å². The number of amidine groups is 1. The van der Waals surface area contributed by atoms with E-state index >= 15 is 0 Å². The van der Waals surface area contributed by atoms with Crippen molar-refractivity contribution in [3.8, 4) is 5.75 Å². The van der Waals surface area contributed by atoms with E-state index in [1.807, 2.05) is 31.2 Å². The Morgan fingerprint density at radius 1 is 1.14 bits per heavy atom. The van der Waals surface area contributed by atoms with Crippen LogP contribution in [0.25, 0.3) is 6.08 Å². The van der Waals surface area contributed by atoms with Crippen LogP contribution in [-0.2, 0) is 14.4 Å².